The van der Waals surface area contributed by atoms with Gasteiger partial charge in [-0.2, -0.15) is 0 Å². The third-order valence-corrected chi connectivity index (χ3v) is 4.87. The van der Waals surface area contributed by atoms with Crippen LogP contribution in [0.25, 0.3) is 0 Å². The van der Waals surface area contributed by atoms with Crippen LogP contribution in [0.2, 0.25) is 5.02 Å². The van der Waals surface area contributed by atoms with Gasteiger partial charge in [-0.25, -0.2) is 8.42 Å². The second-order valence-electron chi connectivity index (χ2n) is 3.95. The number of rotatable bonds is 2. The van der Waals surface area contributed by atoms with E-state index in [9.17, 15) is 8.42 Å². The molecule has 0 aliphatic heterocycles. The molecule has 0 bridgehead atoms. The molecule has 94 valence electrons. The summed E-state index contributed by atoms with van der Waals surface area (Å²) in [6.07, 6.45) is 0. The Morgan fingerprint density at radius 2 is 1.72 bits per heavy atom. The lowest BCUT2D eigenvalue weighted by Crippen LogP contribution is -2.07. The van der Waals surface area contributed by atoms with Crippen molar-refractivity contribution in [3.8, 4) is 0 Å². The average molecular weight is 282 g/mol. The van der Waals surface area contributed by atoms with Crippen molar-refractivity contribution in [2.24, 2.45) is 0 Å². The van der Waals surface area contributed by atoms with Crippen molar-refractivity contribution < 1.29 is 8.42 Å². The Morgan fingerprint density at radius 1 is 1.06 bits per heavy atom. The van der Waals surface area contributed by atoms with E-state index in [0.29, 0.717) is 10.6 Å². The molecule has 2 rings (SSSR count). The van der Waals surface area contributed by atoms with Crippen LogP contribution >= 0.6 is 11.6 Å². The minimum absolute atomic E-state index is 0.0844. The van der Waals surface area contributed by atoms with E-state index in [-0.39, 0.29) is 15.5 Å². The first-order chi connectivity index (χ1) is 8.43. The molecule has 0 aliphatic carbocycles. The van der Waals surface area contributed by atoms with Crippen molar-refractivity contribution in [1.82, 2.24) is 0 Å². The number of nitrogen functional groups attached to an aromatic ring is 1. The van der Waals surface area contributed by atoms with E-state index < -0.39 is 9.84 Å². The third-order valence-electron chi connectivity index (χ3n) is 2.64. The third kappa shape index (κ3) is 2.21. The molecule has 0 unspecified atom stereocenters. The van der Waals surface area contributed by atoms with Gasteiger partial charge in [0.05, 0.1) is 15.5 Å². The molecule has 18 heavy (non-hydrogen) atoms. The molecule has 0 aliphatic rings. The maximum atomic E-state index is 12.5. The molecule has 0 radical (unpaired) electrons. The zero-order chi connectivity index (χ0) is 13.3. The van der Waals surface area contributed by atoms with Crippen LogP contribution in [0.15, 0.2) is 52.3 Å². The fourth-order valence-electron chi connectivity index (χ4n) is 1.74. The quantitative estimate of drug-likeness (QED) is 0.861. The van der Waals surface area contributed by atoms with Crippen LogP contribution in [-0.2, 0) is 9.84 Å². The molecule has 0 spiro atoms. The van der Waals surface area contributed by atoms with Crippen molar-refractivity contribution in [3.63, 3.8) is 0 Å². The molecule has 0 heterocycles. The zero-order valence-electron chi connectivity index (χ0n) is 9.72. The normalized spacial score (nSPS) is 11.4. The average Bonchev–Trinajstić information content (AvgIpc) is 2.28. The predicted octanol–water partition coefficient (Wildman–Crippen LogP) is 3.06. The van der Waals surface area contributed by atoms with Crippen molar-refractivity contribution in [1.29, 1.82) is 0 Å². The summed E-state index contributed by atoms with van der Waals surface area (Å²) < 4.78 is 24.9. The SMILES string of the molecule is Cc1ccccc1S(=O)(=O)c1ccc(Cl)cc1N. The first-order valence-corrected chi connectivity index (χ1v) is 7.15. The zero-order valence-corrected chi connectivity index (χ0v) is 11.3. The van der Waals surface area contributed by atoms with E-state index >= 15 is 0 Å². The number of benzene rings is 2. The minimum Gasteiger partial charge on any atom is -0.398 e. The van der Waals surface area contributed by atoms with Gasteiger partial charge in [0, 0.05) is 5.02 Å². The summed E-state index contributed by atoms with van der Waals surface area (Å²) >= 11 is 5.77. The first-order valence-electron chi connectivity index (χ1n) is 5.28. The Balaban J connectivity index is 2.66. The highest BCUT2D eigenvalue weighted by Gasteiger charge is 2.21. The summed E-state index contributed by atoms with van der Waals surface area (Å²) in [6.45, 7) is 1.75. The number of nitrogens with two attached hydrogens (primary N) is 1. The number of halogens is 1. The monoisotopic (exact) mass is 281 g/mol. The molecule has 2 aromatic rings. The highest BCUT2D eigenvalue weighted by atomic mass is 35.5. The molecular weight excluding hydrogens is 270 g/mol. The number of anilines is 1. The summed E-state index contributed by atoms with van der Waals surface area (Å²) in [7, 11) is -3.60. The van der Waals surface area contributed by atoms with Crippen molar-refractivity contribution in [2.75, 3.05) is 5.73 Å². The topological polar surface area (TPSA) is 60.2 Å². The van der Waals surface area contributed by atoms with Crippen LogP contribution in [0.4, 0.5) is 5.69 Å². The highest BCUT2D eigenvalue weighted by Crippen LogP contribution is 2.29. The number of hydrogen-bond donors (Lipinski definition) is 1. The second-order valence-corrected chi connectivity index (χ2v) is 6.27. The molecule has 0 fully saturated rings. The van der Waals surface area contributed by atoms with Gasteiger partial charge in [0.1, 0.15) is 0 Å². The Kier molecular flexibility index (Phi) is 3.32. The van der Waals surface area contributed by atoms with Crippen molar-refractivity contribution >= 4 is 27.1 Å². The van der Waals surface area contributed by atoms with Gasteiger partial charge in [0.15, 0.2) is 0 Å². The van der Waals surface area contributed by atoms with E-state index in [1.807, 2.05) is 0 Å². The summed E-state index contributed by atoms with van der Waals surface area (Å²) in [6, 6.07) is 11.2. The van der Waals surface area contributed by atoms with E-state index in [1.165, 1.54) is 18.2 Å². The van der Waals surface area contributed by atoms with Crippen LogP contribution in [-0.4, -0.2) is 8.42 Å². The molecule has 3 nitrogen and oxygen atoms in total. The lowest BCUT2D eigenvalue weighted by Gasteiger charge is -2.10. The van der Waals surface area contributed by atoms with Gasteiger partial charge in [-0.1, -0.05) is 29.8 Å². The Bertz CT molecular complexity index is 696. The van der Waals surface area contributed by atoms with Gasteiger partial charge in [-0.15, -0.1) is 0 Å². The Morgan fingerprint density at radius 3 is 2.33 bits per heavy atom. The minimum atomic E-state index is -3.60. The molecule has 5 heteroatoms. The summed E-state index contributed by atoms with van der Waals surface area (Å²) in [5, 5.41) is 0.413. The fraction of sp³-hybridized carbons (Fsp3) is 0.0769. The van der Waals surface area contributed by atoms with Crippen LogP contribution < -0.4 is 5.73 Å². The maximum Gasteiger partial charge on any atom is 0.208 e. The van der Waals surface area contributed by atoms with Gasteiger partial charge in [-0.05, 0) is 36.8 Å². The molecule has 0 amide bonds. The van der Waals surface area contributed by atoms with E-state index in [4.69, 9.17) is 17.3 Å². The van der Waals surface area contributed by atoms with Crippen LogP contribution in [0, 0.1) is 6.92 Å². The summed E-state index contributed by atoms with van der Waals surface area (Å²) in [5.74, 6) is 0. The fourth-order valence-corrected chi connectivity index (χ4v) is 3.52. The van der Waals surface area contributed by atoms with E-state index in [2.05, 4.69) is 0 Å². The Hall–Kier alpha value is -1.52. The largest absolute Gasteiger partial charge is 0.398 e. The molecule has 2 aromatic carbocycles. The predicted molar refractivity (Wildman–Crippen MR) is 72.5 cm³/mol. The number of sulfone groups is 1. The smallest absolute Gasteiger partial charge is 0.208 e. The van der Waals surface area contributed by atoms with Gasteiger partial charge in [-0.3, -0.25) is 0 Å². The maximum absolute atomic E-state index is 12.5. The second kappa shape index (κ2) is 4.63. The van der Waals surface area contributed by atoms with Gasteiger partial charge in [0.2, 0.25) is 9.84 Å². The van der Waals surface area contributed by atoms with Crippen LogP contribution in [0.1, 0.15) is 5.56 Å². The van der Waals surface area contributed by atoms with Crippen molar-refractivity contribution in [2.45, 2.75) is 16.7 Å². The molecular formula is C13H12ClNO2S. The lowest BCUT2D eigenvalue weighted by atomic mass is 10.2. The van der Waals surface area contributed by atoms with Crippen molar-refractivity contribution in [3.05, 3.63) is 53.1 Å². The van der Waals surface area contributed by atoms with Gasteiger partial charge < -0.3 is 5.73 Å². The summed E-state index contributed by atoms with van der Waals surface area (Å²) in [5.41, 5.74) is 6.58. The molecule has 0 saturated carbocycles. The number of aryl methyl sites for hydroxylation is 1. The van der Waals surface area contributed by atoms with E-state index in [0.717, 1.165) is 0 Å². The number of hydrogen-bond acceptors (Lipinski definition) is 3. The molecule has 0 atom stereocenters. The van der Waals surface area contributed by atoms with Crippen LogP contribution in [0.5, 0.6) is 0 Å². The highest BCUT2D eigenvalue weighted by molar-refractivity contribution is 7.91. The standard InChI is InChI=1S/C13H12ClNO2S/c1-9-4-2-3-5-12(9)18(16,17)13-7-6-10(14)8-11(13)15/h2-8H,15H2,1H3. The van der Waals surface area contributed by atoms with Crippen LogP contribution in [0.3, 0.4) is 0 Å². The molecule has 0 aromatic heterocycles. The van der Waals surface area contributed by atoms with E-state index in [1.54, 1.807) is 31.2 Å². The molecule has 0 saturated heterocycles. The Labute approximate surface area is 111 Å². The summed E-state index contributed by atoms with van der Waals surface area (Å²) in [4.78, 5) is 0.347. The first kappa shape index (κ1) is 12.9. The lowest BCUT2D eigenvalue weighted by molar-refractivity contribution is 0.596. The molecule has 2 N–H and O–H groups in total. The van der Waals surface area contributed by atoms with Gasteiger partial charge in [0.25, 0.3) is 0 Å². The van der Waals surface area contributed by atoms with Gasteiger partial charge >= 0.3 is 0 Å².